The maximum absolute atomic E-state index is 12.9. The van der Waals surface area contributed by atoms with Crippen molar-refractivity contribution in [1.82, 2.24) is 10.6 Å². The van der Waals surface area contributed by atoms with Crippen molar-refractivity contribution < 1.29 is 46.8 Å². The number of methoxy groups -OCH3 is 1. The normalized spacial score (nSPS) is 22.9. The third-order valence-corrected chi connectivity index (χ3v) is 7.69. The van der Waals surface area contributed by atoms with Crippen LogP contribution < -0.4 is 10.6 Å². The molecule has 0 aromatic carbocycles. The summed E-state index contributed by atoms with van der Waals surface area (Å²) in [5.41, 5.74) is -1.50. The molecule has 0 radical (unpaired) electrons. The highest BCUT2D eigenvalue weighted by Crippen LogP contribution is 2.57. The Bertz CT molecular complexity index is 893. The van der Waals surface area contributed by atoms with E-state index in [4.69, 9.17) is 18.3 Å². The minimum Gasteiger partial charge on any atom is -0.469 e. The lowest BCUT2D eigenvalue weighted by molar-refractivity contribution is -0.145. The van der Waals surface area contributed by atoms with E-state index in [-0.39, 0.29) is 30.4 Å². The molecule has 16 heteroatoms. The molecule has 212 valence electrons. The summed E-state index contributed by atoms with van der Waals surface area (Å²) >= 11 is 0.878. The van der Waals surface area contributed by atoms with Gasteiger partial charge in [0.1, 0.15) is 12.3 Å². The van der Waals surface area contributed by atoms with Crippen LogP contribution in [0.4, 0.5) is 0 Å². The first-order valence-corrected chi connectivity index (χ1v) is 13.8. The molecule has 1 heterocycles. The van der Waals surface area contributed by atoms with E-state index in [9.17, 15) is 28.7 Å². The molecule has 0 aromatic rings. The van der Waals surface area contributed by atoms with Gasteiger partial charge in [0.25, 0.3) is 0 Å². The van der Waals surface area contributed by atoms with Gasteiger partial charge in [-0.05, 0) is 6.92 Å². The summed E-state index contributed by atoms with van der Waals surface area (Å²) in [7, 11) is -2.98. The predicted octanol–water partition coefficient (Wildman–Crippen LogP) is 2.11. The zero-order valence-corrected chi connectivity index (χ0v) is 23.8. The highest BCUT2D eigenvalue weighted by atomic mass is 32.2. The lowest BCUT2D eigenvalue weighted by atomic mass is 9.87. The number of nitroso groups, excluding NO2 is 1. The number of esters is 1. The van der Waals surface area contributed by atoms with Crippen molar-refractivity contribution in [3.63, 3.8) is 0 Å². The van der Waals surface area contributed by atoms with E-state index in [0.717, 1.165) is 11.8 Å². The average molecular weight is 570 g/mol. The predicted molar refractivity (Wildman–Crippen MR) is 133 cm³/mol. The first-order chi connectivity index (χ1) is 17.0. The molecule has 0 aliphatic carbocycles. The number of phosphoric acid groups is 1. The molecule has 1 rings (SSSR count). The zero-order valence-electron chi connectivity index (χ0n) is 22.1. The summed E-state index contributed by atoms with van der Waals surface area (Å²) in [6, 6.07) is -1.11. The molecular formula is C21H36N3O11PS. The second-order valence-corrected chi connectivity index (χ2v) is 12.5. The Morgan fingerprint density at radius 3 is 2.46 bits per heavy atom. The molecule has 1 aliphatic heterocycles. The van der Waals surface area contributed by atoms with Crippen molar-refractivity contribution in [2.45, 2.75) is 66.3 Å². The van der Waals surface area contributed by atoms with Crippen LogP contribution >= 0.6 is 19.6 Å². The van der Waals surface area contributed by atoms with E-state index < -0.39 is 61.6 Å². The SMILES string of the molecule is COC(=O)CCNC(=O)[C@@H]1O[P@@](=O)(OCOC(C)N[C@@H](CSC(=O)C(C)(C)C)C(=O)N=O)OCC1(C)C. The van der Waals surface area contributed by atoms with Gasteiger partial charge in [0, 0.05) is 28.3 Å². The number of thioether (sulfide) groups is 1. The molecule has 2 N–H and O–H groups in total. The quantitative estimate of drug-likeness (QED) is 0.142. The lowest BCUT2D eigenvalue weighted by Gasteiger charge is -2.39. The van der Waals surface area contributed by atoms with Crippen molar-refractivity contribution in [1.29, 1.82) is 0 Å². The van der Waals surface area contributed by atoms with Gasteiger partial charge >= 0.3 is 19.7 Å². The molecule has 0 spiro atoms. The molecule has 0 bridgehead atoms. The van der Waals surface area contributed by atoms with Crippen LogP contribution in [0.2, 0.25) is 0 Å². The van der Waals surface area contributed by atoms with Crippen molar-refractivity contribution in [2.75, 3.05) is 32.8 Å². The fourth-order valence-electron chi connectivity index (χ4n) is 2.73. The summed E-state index contributed by atoms with van der Waals surface area (Å²) in [5, 5.41) is 7.47. The molecule has 0 saturated carbocycles. The first-order valence-electron chi connectivity index (χ1n) is 11.4. The number of carbonyl (C=O) groups excluding carboxylic acids is 4. The Morgan fingerprint density at radius 1 is 1.24 bits per heavy atom. The first kappa shape index (κ1) is 33.3. The van der Waals surface area contributed by atoms with Gasteiger partial charge in [-0.15, -0.1) is 4.91 Å². The number of amides is 2. The third-order valence-electron chi connectivity index (χ3n) is 4.98. The van der Waals surface area contributed by atoms with Crippen molar-refractivity contribution in [3.8, 4) is 0 Å². The van der Waals surface area contributed by atoms with Crippen LogP contribution in [0.5, 0.6) is 0 Å². The zero-order chi connectivity index (χ0) is 28.4. The number of nitrogens with zero attached hydrogens (tertiary/aromatic N) is 1. The van der Waals surface area contributed by atoms with E-state index in [1.54, 1.807) is 34.6 Å². The summed E-state index contributed by atoms with van der Waals surface area (Å²) < 4.78 is 38.6. The van der Waals surface area contributed by atoms with E-state index in [0.29, 0.717) is 0 Å². The average Bonchev–Trinajstić information content (AvgIpc) is 2.81. The smallest absolute Gasteiger partial charge is 0.469 e. The summed E-state index contributed by atoms with van der Waals surface area (Å²) in [6.07, 6.45) is -2.16. The number of rotatable bonds is 13. The van der Waals surface area contributed by atoms with Crippen LogP contribution in [0.25, 0.3) is 0 Å². The summed E-state index contributed by atoms with van der Waals surface area (Å²) in [4.78, 5) is 58.6. The van der Waals surface area contributed by atoms with E-state index in [1.165, 1.54) is 14.0 Å². The monoisotopic (exact) mass is 569 g/mol. The second-order valence-electron chi connectivity index (χ2n) is 9.86. The molecule has 1 fully saturated rings. The van der Waals surface area contributed by atoms with E-state index >= 15 is 0 Å². The van der Waals surface area contributed by atoms with Gasteiger partial charge in [-0.25, -0.2) is 4.57 Å². The van der Waals surface area contributed by atoms with Crippen LogP contribution in [0.3, 0.4) is 0 Å². The van der Waals surface area contributed by atoms with Crippen LogP contribution in [0.1, 0.15) is 48.0 Å². The molecule has 0 aromatic heterocycles. The molecule has 1 aliphatic rings. The van der Waals surface area contributed by atoms with Crippen molar-refractivity contribution >= 4 is 42.5 Å². The molecule has 4 atom stereocenters. The van der Waals surface area contributed by atoms with Crippen molar-refractivity contribution in [2.24, 2.45) is 16.0 Å². The molecule has 1 saturated heterocycles. The largest absolute Gasteiger partial charge is 0.477 e. The Balaban J connectivity index is 2.65. The number of carbonyl (C=O) groups is 4. The number of nitrogens with one attached hydrogen (secondary N) is 2. The van der Waals surface area contributed by atoms with Crippen LogP contribution in [-0.4, -0.2) is 74.1 Å². The van der Waals surface area contributed by atoms with Gasteiger partial charge in [-0.2, -0.15) is 0 Å². The molecule has 1 unspecified atom stereocenters. The molecular weight excluding hydrogens is 533 g/mol. The van der Waals surface area contributed by atoms with Gasteiger partial charge in [0.2, 0.25) is 5.91 Å². The Hall–Kier alpha value is -1.74. The van der Waals surface area contributed by atoms with Crippen LogP contribution in [0.15, 0.2) is 5.18 Å². The number of phosphoric ester groups is 1. The summed E-state index contributed by atoms with van der Waals surface area (Å²) in [5.74, 6) is -2.18. The van der Waals surface area contributed by atoms with Crippen LogP contribution in [0, 0.1) is 15.7 Å². The minimum atomic E-state index is -4.21. The van der Waals surface area contributed by atoms with E-state index in [1.807, 2.05) is 0 Å². The van der Waals surface area contributed by atoms with Crippen LogP contribution in [-0.2, 0) is 46.8 Å². The Labute approximate surface area is 220 Å². The van der Waals surface area contributed by atoms with Gasteiger partial charge < -0.3 is 14.8 Å². The number of ether oxygens (including phenoxy) is 2. The van der Waals surface area contributed by atoms with Gasteiger partial charge in [-0.3, -0.25) is 38.1 Å². The highest BCUT2D eigenvalue weighted by Gasteiger charge is 2.49. The molecule has 14 nitrogen and oxygen atoms in total. The fourth-order valence-corrected chi connectivity index (χ4v) is 5.24. The third kappa shape index (κ3) is 11.3. The standard InChI is InChI=1S/C21H36N3O11PS/c1-13(23-14(17(26)24-29)10-37-19(28)20(2,3)4)32-12-34-36(30)33-11-21(5,6)16(35-36)18(27)22-9-8-15(25)31-7/h13-14,16,23H,8-12H2,1-7H3,(H,22,27)/t13?,14-,16-,36+/m0/s1. The maximum atomic E-state index is 12.9. The second kappa shape index (κ2) is 14.4. The molecule has 2 amide bonds. The Morgan fingerprint density at radius 2 is 1.89 bits per heavy atom. The minimum absolute atomic E-state index is 0.00503. The highest BCUT2D eigenvalue weighted by molar-refractivity contribution is 8.13. The number of hydrogen-bond donors (Lipinski definition) is 2. The van der Waals surface area contributed by atoms with Crippen molar-refractivity contribution in [3.05, 3.63) is 4.91 Å². The van der Waals surface area contributed by atoms with Gasteiger partial charge in [0.15, 0.2) is 18.0 Å². The van der Waals surface area contributed by atoms with Gasteiger partial charge in [0.05, 0.1) is 20.1 Å². The van der Waals surface area contributed by atoms with Gasteiger partial charge in [-0.1, -0.05) is 46.4 Å². The lowest BCUT2D eigenvalue weighted by Crippen LogP contribution is -2.50. The Kier molecular flexibility index (Phi) is 13.0. The number of hydrogen-bond acceptors (Lipinski definition) is 13. The van der Waals surface area contributed by atoms with E-state index in [2.05, 4.69) is 20.5 Å². The topological polar surface area (TPSA) is 185 Å². The molecule has 37 heavy (non-hydrogen) atoms. The summed E-state index contributed by atoms with van der Waals surface area (Å²) in [6.45, 7) is 9.25. The maximum Gasteiger partial charge on any atom is 0.477 e. The fraction of sp³-hybridized carbons (Fsp3) is 0.810.